The van der Waals surface area contributed by atoms with Gasteiger partial charge in [0.05, 0.1) is 6.42 Å². The number of ether oxygens (including phenoxy) is 1. The van der Waals surface area contributed by atoms with Crippen molar-refractivity contribution in [3.8, 4) is 0 Å². The van der Waals surface area contributed by atoms with Crippen molar-refractivity contribution in [1.29, 1.82) is 0 Å². The van der Waals surface area contributed by atoms with Crippen LogP contribution in [-0.4, -0.2) is 53.5 Å². The van der Waals surface area contributed by atoms with Gasteiger partial charge in [-0.2, -0.15) is 0 Å². The second-order valence-corrected chi connectivity index (χ2v) is 8.63. The van der Waals surface area contributed by atoms with Gasteiger partial charge in [-0.25, -0.2) is 14.6 Å². The third-order valence-corrected chi connectivity index (χ3v) is 4.24. The van der Waals surface area contributed by atoms with Crippen molar-refractivity contribution in [3.05, 3.63) is 15.0 Å². The molecule has 1 N–H and O–H groups in total. The summed E-state index contributed by atoms with van der Waals surface area (Å²) >= 11 is 6.97. The van der Waals surface area contributed by atoms with Crippen LogP contribution in [0.1, 0.15) is 45.3 Å². The van der Waals surface area contributed by atoms with Crippen LogP contribution in [0.4, 0.5) is 0 Å². The first kappa shape index (κ1) is 23.9. The Morgan fingerprint density at radius 1 is 1.32 bits per heavy atom. The molecule has 0 aromatic carbocycles. The molecule has 2 radical (unpaired) electrons. The summed E-state index contributed by atoms with van der Waals surface area (Å²) in [4.78, 5) is 44.1. The lowest BCUT2D eigenvalue weighted by Crippen LogP contribution is -2.30. The Hall–Kier alpha value is -2.14. The highest BCUT2D eigenvalue weighted by atomic mass is 35.5. The summed E-state index contributed by atoms with van der Waals surface area (Å²) in [6.45, 7) is 8.41. The fourth-order valence-electron chi connectivity index (χ4n) is 1.86. The number of esters is 1. The van der Waals surface area contributed by atoms with Crippen LogP contribution in [0.2, 0.25) is 4.34 Å². The quantitative estimate of drug-likeness (QED) is 0.288. The average molecular weight is 431 g/mol. The Balaban J connectivity index is 3.09. The predicted molar refractivity (Wildman–Crippen MR) is 102 cm³/mol. The van der Waals surface area contributed by atoms with Gasteiger partial charge in [-0.1, -0.05) is 30.6 Å². The second-order valence-electron chi connectivity index (χ2n) is 6.95. The predicted octanol–water partition coefficient (Wildman–Crippen LogP) is 2.14. The van der Waals surface area contributed by atoms with E-state index in [1.165, 1.54) is 0 Å². The number of carbonyl (C=O) groups excluding carboxylic acids is 2. The van der Waals surface area contributed by atoms with E-state index < -0.39 is 41.2 Å². The van der Waals surface area contributed by atoms with E-state index in [1.807, 2.05) is 0 Å². The van der Waals surface area contributed by atoms with Crippen molar-refractivity contribution < 1.29 is 33.7 Å². The SMILES string of the molecule is [B]OC(=O)[C@@H](O/N=C(\C(=O)O)c1nc(CC(=O)OC(C)(C)C)sc1Cl)C(C)C. The third-order valence-electron chi connectivity index (χ3n) is 2.98. The molecule has 0 aliphatic rings. The van der Waals surface area contributed by atoms with E-state index in [9.17, 15) is 19.5 Å². The summed E-state index contributed by atoms with van der Waals surface area (Å²) in [7, 11) is 4.84. The second kappa shape index (κ2) is 9.88. The third kappa shape index (κ3) is 7.12. The Bertz CT molecular complexity index is 774. The van der Waals surface area contributed by atoms with Gasteiger partial charge in [0.25, 0.3) is 0 Å². The summed E-state index contributed by atoms with van der Waals surface area (Å²) in [5.74, 6) is -3.35. The standard InChI is InChI=1S/C16H20BClN2O7S/c1-7(2)12(15(24)26-17)27-20-11(14(22)23)10-13(18)28-8(19-10)6-9(21)25-16(3,4)5/h7,12H,6H2,1-5H3,(H,22,23)/b20-11-/t12-/m0/s1. The van der Waals surface area contributed by atoms with Crippen LogP contribution in [-0.2, 0) is 35.0 Å². The monoisotopic (exact) mass is 430 g/mol. The molecule has 1 atom stereocenters. The number of carboxylic acids is 1. The first-order chi connectivity index (χ1) is 12.9. The average Bonchev–Trinajstić information content (AvgIpc) is 2.88. The number of oxime groups is 1. The van der Waals surface area contributed by atoms with E-state index in [2.05, 4.69) is 14.8 Å². The maximum Gasteiger partial charge on any atom is 0.378 e. The number of rotatable bonds is 8. The van der Waals surface area contributed by atoms with Crippen molar-refractivity contribution in [2.24, 2.45) is 11.1 Å². The molecular formula is C16H20BClN2O7S. The minimum Gasteiger partial charge on any atom is -0.541 e. The number of nitrogens with zero attached hydrogens (tertiary/aromatic N) is 2. The molecular weight excluding hydrogens is 411 g/mol. The van der Waals surface area contributed by atoms with Gasteiger partial charge in [0.15, 0.2) is 0 Å². The first-order valence-corrected chi connectivity index (χ1v) is 9.30. The van der Waals surface area contributed by atoms with Gasteiger partial charge >= 0.3 is 26.0 Å². The molecule has 0 amide bonds. The van der Waals surface area contributed by atoms with Crippen molar-refractivity contribution in [3.63, 3.8) is 0 Å². The van der Waals surface area contributed by atoms with Gasteiger partial charge in [0.1, 0.15) is 20.6 Å². The number of aliphatic carboxylic acids is 1. The van der Waals surface area contributed by atoms with Crippen LogP contribution < -0.4 is 0 Å². The number of hydrogen-bond acceptors (Lipinski definition) is 9. The number of halogens is 1. The van der Waals surface area contributed by atoms with Crippen molar-refractivity contribution in [2.75, 3.05) is 0 Å². The minimum atomic E-state index is -1.49. The van der Waals surface area contributed by atoms with Gasteiger partial charge < -0.3 is 19.3 Å². The number of carboxylic acid groups (broad SMARTS) is 1. The van der Waals surface area contributed by atoms with Crippen LogP contribution in [0.3, 0.4) is 0 Å². The molecule has 9 nitrogen and oxygen atoms in total. The summed E-state index contributed by atoms with van der Waals surface area (Å²) in [5, 5.41) is 13.1. The number of carbonyl (C=O) groups is 3. The Morgan fingerprint density at radius 2 is 1.93 bits per heavy atom. The molecule has 28 heavy (non-hydrogen) atoms. The highest BCUT2D eigenvalue weighted by molar-refractivity contribution is 7.16. The van der Waals surface area contributed by atoms with E-state index >= 15 is 0 Å². The highest BCUT2D eigenvalue weighted by Crippen LogP contribution is 2.26. The molecule has 0 bridgehead atoms. The molecule has 1 heterocycles. The van der Waals surface area contributed by atoms with E-state index in [0.717, 1.165) is 11.3 Å². The molecule has 0 aliphatic carbocycles. The molecule has 0 spiro atoms. The summed E-state index contributed by atoms with van der Waals surface area (Å²) in [5.41, 5.74) is -1.50. The van der Waals surface area contributed by atoms with Crippen LogP contribution >= 0.6 is 22.9 Å². The molecule has 0 saturated heterocycles. The van der Waals surface area contributed by atoms with E-state index in [0.29, 0.717) is 0 Å². The Labute approximate surface area is 172 Å². The van der Waals surface area contributed by atoms with E-state index in [-0.39, 0.29) is 21.5 Å². The molecule has 0 unspecified atom stereocenters. The number of thiazole rings is 1. The molecule has 0 aliphatic heterocycles. The van der Waals surface area contributed by atoms with Gasteiger partial charge in [-0.15, -0.1) is 11.3 Å². The molecule has 1 rings (SSSR count). The van der Waals surface area contributed by atoms with E-state index in [1.54, 1.807) is 34.6 Å². The lowest BCUT2D eigenvalue weighted by Gasteiger charge is -2.18. The fraction of sp³-hybridized carbons (Fsp3) is 0.562. The molecule has 1 aromatic rings. The smallest absolute Gasteiger partial charge is 0.378 e. The normalized spacial score (nSPS) is 13.2. The lowest BCUT2D eigenvalue weighted by molar-refractivity contribution is -0.154. The van der Waals surface area contributed by atoms with Gasteiger partial charge in [-0.3, -0.25) is 4.79 Å². The number of aromatic nitrogens is 1. The van der Waals surface area contributed by atoms with Crippen LogP contribution in [0, 0.1) is 5.92 Å². The maximum atomic E-state index is 11.9. The molecule has 0 saturated carbocycles. The zero-order valence-corrected chi connectivity index (χ0v) is 17.6. The molecule has 12 heteroatoms. The molecule has 152 valence electrons. The van der Waals surface area contributed by atoms with Crippen LogP contribution in [0.25, 0.3) is 0 Å². The van der Waals surface area contributed by atoms with Gasteiger partial charge in [-0.05, 0) is 20.8 Å². The number of hydrogen-bond donors (Lipinski definition) is 1. The Kier molecular flexibility index (Phi) is 8.43. The summed E-state index contributed by atoms with van der Waals surface area (Å²) in [6, 6.07) is 0. The van der Waals surface area contributed by atoms with Crippen molar-refractivity contribution in [2.45, 2.75) is 52.7 Å². The largest absolute Gasteiger partial charge is 0.541 e. The summed E-state index contributed by atoms with van der Waals surface area (Å²) in [6.07, 6.45) is -1.42. The highest BCUT2D eigenvalue weighted by Gasteiger charge is 2.28. The zero-order chi connectivity index (χ0) is 21.6. The lowest BCUT2D eigenvalue weighted by atomic mass is 10.1. The van der Waals surface area contributed by atoms with Crippen molar-refractivity contribution >= 4 is 54.6 Å². The minimum absolute atomic E-state index is 0.00851. The van der Waals surface area contributed by atoms with Crippen molar-refractivity contribution in [1.82, 2.24) is 4.98 Å². The maximum absolute atomic E-state index is 11.9. The molecule has 1 aromatic heterocycles. The van der Waals surface area contributed by atoms with Crippen LogP contribution in [0.15, 0.2) is 5.16 Å². The van der Waals surface area contributed by atoms with Gasteiger partial charge in [0.2, 0.25) is 11.8 Å². The topological polar surface area (TPSA) is 124 Å². The summed E-state index contributed by atoms with van der Waals surface area (Å²) < 4.78 is 9.30. The molecule has 0 fully saturated rings. The zero-order valence-electron chi connectivity index (χ0n) is 16.0. The van der Waals surface area contributed by atoms with Gasteiger partial charge in [0, 0.05) is 5.92 Å². The Morgan fingerprint density at radius 3 is 2.39 bits per heavy atom. The van der Waals surface area contributed by atoms with Crippen LogP contribution in [0.5, 0.6) is 0 Å². The fourth-order valence-corrected chi connectivity index (χ4v) is 3.03. The van der Waals surface area contributed by atoms with E-state index in [4.69, 9.17) is 29.2 Å². The first-order valence-electron chi connectivity index (χ1n) is 8.10.